The first-order valence-corrected chi connectivity index (χ1v) is 7.02. The van der Waals surface area contributed by atoms with Crippen molar-refractivity contribution in [3.05, 3.63) is 42.2 Å². The maximum Gasteiger partial charge on any atom is 1.00 e. The number of pyridine rings is 1. The van der Waals surface area contributed by atoms with Gasteiger partial charge in [-0.2, -0.15) is 0 Å². The van der Waals surface area contributed by atoms with Crippen LogP contribution in [0.25, 0.3) is 16.9 Å². The molecule has 3 heterocycles. The number of hydrogen-bond donors (Lipinski definition) is 0. The molecule has 0 aromatic carbocycles. The molecule has 23 heavy (non-hydrogen) atoms. The van der Waals surface area contributed by atoms with Gasteiger partial charge in [-0.15, -0.1) is 10.2 Å². The average Bonchev–Trinajstić information content (AvgIpc) is 2.91. The Kier molecular flexibility index (Phi) is 5.81. The summed E-state index contributed by atoms with van der Waals surface area (Å²) >= 11 is 0. The Balaban J connectivity index is 0.00000192. The van der Waals surface area contributed by atoms with E-state index >= 15 is 0 Å². The number of carboxylic acid groups (broad SMARTS) is 1. The number of aliphatic carboxylic acids is 1. The molecule has 0 spiro atoms. The Morgan fingerprint density at radius 2 is 2.17 bits per heavy atom. The van der Waals surface area contributed by atoms with E-state index in [2.05, 4.69) is 20.2 Å². The van der Waals surface area contributed by atoms with E-state index in [4.69, 9.17) is 0 Å². The average molecular weight is 319 g/mol. The molecule has 0 saturated heterocycles. The summed E-state index contributed by atoms with van der Waals surface area (Å²) in [5.41, 5.74) is 2.95. The van der Waals surface area contributed by atoms with Crippen LogP contribution in [-0.4, -0.2) is 30.5 Å². The van der Waals surface area contributed by atoms with Gasteiger partial charge in [-0.3, -0.25) is 9.38 Å². The Morgan fingerprint density at radius 3 is 2.83 bits per heavy atom. The van der Waals surface area contributed by atoms with Gasteiger partial charge in [0, 0.05) is 36.5 Å². The van der Waals surface area contributed by atoms with Crippen molar-refractivity contribution >= 4 is 11.6 Å². The Hall–Kier alpha value is -1.83. The Morgan fingerprint density at radius 1 is 1.35 bits per heavy atom. The zero-order valence-electron chi connectivity index (χ0n) is 13.1. The standard InChI is InChI=1S/C15H15N5O2.Na/c1-2-4-11-15-19-18-13(7-14(21)22)20(15)9-12(17-11)10-5-3-6-16-8-10;/h3,5-6,8-9H,2,4,7H2,1H3,(H,21,22);/q;+1/p-1. The predicted molar refractivity (Wildman–Crippen MR) is 76.7 cm³/mol. The van der Waals surface area contributed by atoms with Crippen molar-refractivity contribution in [2.24, 2.45) is 0 Å². The second kappa shape index (κ2) is 7.63. The molecule has 112 valence electrons. The minimum absolute atomic E-state index is 0. The van der Waals surface area contributed by atoms with E-state index in [0.717, 1.165) is 24.1 Å². The van der Waals surface area contributed by atoms with Gasteiger partial charge in [0.15, 0.2) is 5.65 Å². The Bertz CT molecular complexity index is 819. The molecule has 8 heteroatoms. The topological polar surface area (TPSA) is 96.1 Å². The third kappa shape index (κ3) is 3.74. The van der Waals surface area contributed by atoms with Crippen molar-refractivity contribution in [1.29, 1.82) is 0 Å². The molecule has 0 N–H and O–H groups in total. The maximum absolute atomic E-state index is 10.9. The first kappa shape index (κ1) is 17.5. The summed E-state index contributed by atoms with van der Waals surface area (Å²) in [5.74, 6) is -0.856. The Labute approximate surface area is 155 Å². The van der Waals surface area contributed by atoms with Gasteiger partial charge in [-0.1, -0.05) is 13.3 Å². The van der Waals surface area contributed by atoms with Crippen LogP contribution in [0, 0.1) is 0 Å². The summed E-state index contributed by atoms with van der Waals surface area (Å²) in [6, 6.07) is 3.73. The minimum atomic E-state index is -1.19. The van der Waals surface area contributed by atoms with E-state index in [1.54, 1.807) is 23.0 Å². The molecule has 0 unspecified atom stereocenters. The summed E-state index contributed by atoms with van der Waals surface area (Å²) in [4.78, 5) is 19.6. The van der Waals surface area contributed by atoms with Crippen LogP contribution in [0.4, 0.5) is 0 Å². The van der Waals surface area contributed by atoms with Crippen molar-refractivity contribution in [1.82, 2.24) is 24.6 Å². The van der Waals surface area contributed by atoms with Crippen LogP contribution in [0.2, 0.25) is 0 Å². The molecule has 0 bridgehead atoms. The molecule has 0 amide bonds. The molecule has 3 aromatic rings. The van der Waals surface area contributed by atoms with Crippen LogP contribution in [0.1, 0.15) is 24.9 Å². The number of hydrogen-bond acceptors (Lipinski definition) is 6. The number of aryl methyl sites for hydroxylation is 1. The van der Waals surface area contributed by atoms with Gasteiger partial charge in [0.25, 0.3) is 0 Å². The molecular weight excluding hydrogens is 305 g/mol. The third-order valence-electron chi connectivity index (χ3n) is 3.28. The molecule has 0 aliphatic carbocycles. The second-order valence-corrected chi connectivity index (χ2v) is 4.92. The van der Waals surface area contributed by atoms with Crippen molar-refractivity contribution in [2.75, 3.05) is 0 Å². The molecule has 0 aliphatic rings. The number of fused-ring (bicyclic) bond motifs is 1. The van der Waals surface area contributed by atoms with E-state index in [-0.39, 0.29) is 36.0 Å². The SMILES string of the molecule is CCCc1nc(-c2cccnc2)cn2c(CC(=O)[O-])nnc12.[Na+]. The monoisotopic (exact) mass is 319 g/mol. The quantitative estimate of drug-likeness (QED) is 0.480. The summed E-state index contributed by atoms with van der Waals surface area (Å²) < 4.78 is 1.68. The predicted octanol–water partition coefficient (Wildman–Crippen LogP) is -2.56. The van der Waals surface area contributed by atoms with Crippen LogP contribution in [0.15, 0.2) is 30.7 Å². The van der Waals surface area contributed by atoms with Crippen LogP contribution in [0.3, 0.4) is 0 Å². The summed E-state index contributed by atoms with van der Waals surface area (Å²) in [6.45, 7) is 2.05. The fourth-order valence-corrected chi connectivity index (χ4v) is 2.31. The number of carboxylic acids is 1. The molecule has 0 saturated carbocycles. The van der Waals surface area contributed by atoms with Crippen molar-refractivity contribution in [3.63, 3.8) is 0 Å². The van der Waals surface area contributed by atoms with E-state index in [1.807, 2.05) is 19.1 Å². The number of aromatic nitrogens is 5. The van der Waals surface area contributed by atoms with Gasteiger partial charge in [0.2, 0.25) is 0 Å². The molecule has 0 atom stereocenters. The van der Waals surface area contributed by atoms with Crippen LogP contribution >= 0.6 is 0 Å². The van der Waals surface area contributed by atoms with E-state index in [9.17, 15) is 9.90 Å². The molecular formula is C15H14N5NaO2. The van der Waals surface area contributed by atoms with Crippen molar-refractivity contribution in [3.8, 4) is 11.3 Å². The molecule has 3 rings (SSSR count). The van der Waals surface area contributed by atoms with Crippen LogP contribution < -0.4 is 34.7 Å². The third-order valence-corrected chi connectivity index (χ3v) is 3.28. The first-order chi connectivity index (χ1) is 10.7. The molecule has 7 nitrogen and oxygen atoms in total. The molecule has 3 aromatic heterocycles. The van der Waals surface area contributed by atoms with Gasteiger partial charge < -0.3 is 9.90 Å². The normalized spacial score (nSPS) is 10.5. The molecule has 0 radical (unpaired) electrons. The smallest absolute Gasteiger partial charge is 0.550 e. The summed E-state index contributed by atoms with van der Waals surface area (Å²) in [6.07, 6.45) is 6.50. The van der Waals surface area contributed by atoms with Gasteiger partial charge in [0.1, 0.15) is 5.82 Å². The fraction of sp³-hybridized carbons (Fsp3) is 0.267. The maximum atomic E-state index is 10.9. The largest absolute Gasteiger partial charge is 1.00 e. The van der Waals surface area contributed by atoms with Crippen LogP contribution in [0.5, 0.6) is 0 Å². The van der Waals surface area contributed by atoms with Gasteiger partial charge in [-0.25, -0.2) is 4.98 Å². The summed E-state index contributed by atoms with van der Waals surface area (Å²) in [7, 11) is 0. The molecule has 0 fully saturated rings. The molecule has 0 aliphatic heterocycles. The van der Waals surface area contributed by atoms with Crippen molar-refractivity contribution in [2.45, 2.75) is 26.2 Å². The second-order valence-electron chi connectivity index (χ2n) is 4.92. The number of carbonyl (C=O) groups is 1. The van der Waals surface area contributed by atoms with E-state index in [1.165, 1.54) is 0 Å². The number of nitrogens with zero attached hydrogens (tertiary/aromatic N) is 5. The van der Waals surface area contributed by atoms with Gasteiger partial charge >= 0.3 is 29.6 Å². The zero-order valence-corrected chi connectivity index (χ0v) is 15.1. The van der Waals surface area contributed by atoms with Gasteiger partial charge in [-0.05, 0) is 18.6 Å². The number of carbonyl (C=O) groups excluding carboxylic acids is 1. The summed E-state index contributed by atoms with van der Waals surface area (Å²) in [5, 5.41) is 18.9. The zero-order chi connectivity index (χ0) is 15.5. The number of rotatable bonds is 5. The first-order valence-electron chi connectivity index (χ1n) is 7.02. The van der Waals surface area contributed by atoms with Crippen molar-refractivity contribution < 1.29 is 39.5 Å². The van der Waals surface area contributed by atoms with E-state index < -0.39 is 5.97 Å². The van der Waals surface area contributed by atoms with Crippen LogP contribution in [-0.2, 0) is 17.6 Å². The fourth-order valence-electron chi connectivity index (χ4n) is 2.31. The van der Waals surface area contributed by atoms with E-state index in [0.29, 0.717) is 17.2 Å². The van der Waals surface area contributed by atoms with Gasteiger partial charge in [0.05, 0.1) is 11.4 Å². The minimum Gasteiger partial charge on any atom is -0.550 e.